The van der Waals surface area contributed by atoms with Gasteiger partial charge in [0.25, 0.3) is 0 Å². The summed E-state index contributed by atoms with van der Waals surface area (Å²) in [5, 5.41) is 6.17. The fourth-order valence-electron chi connectivity index (χ4n) is 2.60. The predicted octanol–water partition coefficient (Wildman–Crippen LogP) is 3.78. The van der Waals surface area contributed by atoms with E-state index in [9.17, 15) is 4.79 Å². The van der Waals surface area contributed by atoms with Gasteiger partial charge in [0.05, 0.1) is 20.6 Å². The highest BCUT2D eigenvalue weighted by molar-refractivity contribution is 7.17. The lowest BCUT2D eigenvalue weighted by molar-refractivity contribution is -0.120. The second-order valence-corrected chi connectivity index (χ2v) is 6.30. The highest BCUT2D eigenvalue weighted by Gasteiger charge is 2.10. The summed E-state index contributed by atoms with van der Waals surface area (Å²) in [6, 6.07) is 13.7. The molecule has 0 saturated heterocycles. The van der Waals surface area contributed by atoms with E-state index in [0.29, 0.717) is 18.7 Å². The number of carbonyl (C=O) groups excluding carboxylic acids is 1. The zero-order chi connectivity index (χ0) is 16.9. The molecule has 0 unspecified atom stereocenters. The molecule has 1 amide bonds. The van der Waals surface area contributed by atoms with Crippen LogP contribution in [-0.2, 0) is 17.8 Å². The molecule has 124 valence electrons. The fraction of sp³-hybridized carbons (Fsp3) is 0.211. The summed E-state index contributed by atoms with van der Waals surface area (Å²) < 4.78 is 11.7. The lowest BCUT2D eigenvalue weighted by Gasteiger charge is -2.11. The maximum absolute atomic E-state index is 12.3. The zero-order valence-electron chi connectivity index (χ0n) is 13.7. The number of amides is 1. The van der Waals surface area contributed by atoms with E-state index in [4.69, 9.17) is 9.47 Å². The zero-order valence-corrected chi connectivity index (χ0v) is 14.5. The molecule has 0 saturated carbocycles. The number of hydrogen-bond acceptors (Lipinski definition) is 4. The van der Waals surface area contributed by atoms with E-state index >= 15 is 0 Å². The third-order valence-corrected chi connectivity index (χ3v) is 4.89. The predicted molar refractivity (Wildman–Crippen MR) is 96.9 cm³/mol. The van der Waals surface area contributed by atoms with Gasteiger partial charge < -0.3 is 14.8 Å². The first-order valence-electron chi connectivity index (χ1n) is 7.64. The minimum atomic E-state index is -0.00331. The summed E-state index contributed by atoms with van der Waals surface area (Å²) >= 11 is 1.67. The summed E-state index contributed by atoms with van der Waals surface area (Å²) in [5.74, 6) is 1.43. The van der Waals surface area contributed by atoms with Crippen molar-refractivity contribution < 1.29 is 14.3 Å². The molecule has 0 aliphatic heterocycles. The van der Waals surface area contributed by atoms with Crippen molar-refractivity contribution in [3.63, 3.8) is 0 Å². The second kappa shape index (κ2) is 7.36. The third-order valence-electron chi connectivity index (χ3n) is 3.88. The molecular weight excluding hydrogens is 322 g/mol. The van der Waals surface area contributed by atoms with E-state index in [1.807, 2.05) is 30.3 Å². The van der Waals surface area contributed by atoms with Crippen molar-refractivity contribution in [1.82, 2.24) is 5.32 Å². The van der Waals surface area contributed by atoms with Gasteiger partial charge in [-0.1, -0.05) is 18.2 Å². The molecule has 24 heavy (non-hydrogen) atoms. The minimum absolute atomic E-state index is 0.00331. The highest BCUT2D eigenvalue weighted by atomic mass is 32.1. The van der Waals surface area contributed by atoms with Crippen LogP contribution in [0.5, 0.6) is 11.5 Å². The maximum atomic E-state index is 12.3. The van der Waals surface area contributed by atoms with E-state index in [2.05, 4.69) is 22.8 Å². The molecule has 1 N–H and O–H groups in total. The van der Waals surface area contributed by atoms with Crippen molar-refractivity contribution in [2.45, 2.75) is 13.0 Å². The lowest BCUT2D eigenvalue weighted by Crippen LogP contribution is -2.24. The standard InChI is InChI=1S/C19H19NO3S/c1-22-15-8-7-13(17(10-15)23-2)11-20-19(21)9-14-12-24-18-6-4-3-5-16(14)18/h3-8,10,12H,9,11H2,1-2H3,(H,20,21). The fourth-order valence-corrected chi connectivity index (χ4v) is 3.56. The normalized spacial score (nSPS) is 10.6. The van der Waals surface area contributed by atoms with Gasteiger partial charge in [-0.3, -0.25) is 4.79 Å². The minimum Gasteiger partial charge on any atom is -0.497 e. The van der Waals surface area contributed by atoms with Crippen molar-refractivity contribution in [1.29, 1.82) is 0 Å². The number of benzene rings is 2. The smallest absolute Gasteiger partial charge is 0.224 e. The molecule has 0 aliphatic carbocycles. The Labute approximate surface area is 145 Å². The van der Waals surface area contributed by atoms with Gasteiger partial charge in [0, 0.05) is 22.9 Å². The van der Waals surface area contributed by atoms with Gasteiger partial charge in [0.2, 0.25) is 5.91 Å². The van der Waals surface area contributed by atoms with E-state index in [1.165, 1.54) is 4.70 Å². The van der Waals surface area contributed by atoms with Crippen molar-refractivity contribution in [3.05, 3.63) is 59.0 Å². The Bertz CT molecular complexity index is 857. The molecule has 0 bridgehead atoms. The first-order chi connectivity index (χ1) is 11.7. The van der Waals surface area contributed by atoms with Gasteiger partial charge in [-0.15, -0.1) is 11.3 Å². The van der Waals surface area contributed by atoms with E-state index in [-0.39, 0.29) is 5.91 Å². The maximum Gasteiger partial charge on any atom is 0.224 e. The summed E-state index contributed by atoms with van der Waals surface area (Å²) in [7, 11) is 3.22. The quantitative estimate of drug-likeness (QED) is 0.742. The van der Waals surface area contributed by atoms with E-state index in [0.717, 1.165) is 22.3 Å². The van der Waals surface area contributed by atoms with E-state index < -0.39 is 0 Å². The van der Waals surface area contributed by atoms with Crippen LogP contribution in [0.4, 0.5) is 0 Å². The van der Waals surface area contributed by atoms with E-state index in [1.54, 1.807) is 25.6 Å². The Balaban J connectivity index is 1.65. The molecule has 1 aromatic heterocycles. The summed E-state index contributed by atoms with van der Waals surface area (Å²) in [6.07, 6.45) is 0.377. The number of fused-ring (bicyclic) bond motifs is 1. The molecular formula is C19H19NO3S. The van der Waals surface area contributed by atoms with Crippen LogP contribution in [0.2, 0.25) is 0 Å². The number of hydrogen-bond donors (Lipinski definition) is 1. The van der Waals surface area contributed by atoms with Gasteiger partial charge in [0.15, 0.2) is 0 Å². The van der Waals surface area contributed by atoms with Crippen molar-refractivity contribution in [3.8, 4) is 11.5 Å². The number of carbonyl (C=O) groups is 1. The molecule has 0 aliphatic rings. The van der Waals surface area contributed by atoms with Crippen LogP contribution in [0.1, 0.15) is 11.1 Å². The van der Waals surface area contributed by atoms with Gasteiger partial charge in [-0.25, -0.2) is 0 Å². The number of rotatable bonds is 6. The first kappa shape index (κ1) is 16.3. The Kier molecular flexibility index (Phi) is 5.01. The Hall–Kier alpha value is -2.53. The van der Waals surface area contributed by atoms with Crippen molar-refractivity contribution in [2.24, 2.45) is 0 Å². The molecule has 3 rings (SSSR count). The average Bonchev–Trinajstić information content (AvgIpc) is 3.03. The van der Waals surface area contributed by atoms with Crippen LogP contribution < -0.4 is 14.8 Å². The lowest BCUT2D eigenvalue weighted by atomic mass is 10.1. The van der Waals surface area contributed by atoms with Crippen LogP contribution in [0.25, 0.3) is 10.1 Å². The molecule has 4 nitrogen and oxygen atoms in total. The average molecular weight is 341 g/mol. The Morgan fingerprint density at radius 1 is 1.08 bits per heavy atom. The van der Waals surface area contributed by atoms with Crippen LogP contribution in [0.3, 0.4) is 0 Å². The number of nitrogens with one attached hydrogen (secondary N) is 1. The first-order valence-corrected chi connectivity index (χ1v) is 8.52. The van der Waals surface area contributed by atoms with Gasteiger partial charge in [0.1, 0.15) is 11.5 Å². The molecule has 5 heteroatoms. The van der Waals surface area contributed by atoms with Crippen LogP contribution in [0.15, 0.2) is 47.8 Å². The molecule has 0 spiro atoms. The highest BCUT2D eigenvalue weighted by Crippen LogP contribution is 2.26. The summed E-state index contributed by atoms with van der Waals surface area (Å²) in [5.41, 5.74) is 1.98. The monoisotopic (exact) mass is 341 g/mol. The van der Waals surface area contributed by atoms with Gasteiger partial charge >= 0.3 is 0 Å². The second-order valence-electron chi connectivity index (χ2n) is 5.39. The van der Waals surface area contributed by atoms with Gasteiger partial charge in [-0.2, -0.15) is 0 Å². The Morgan fingerprint density at radius 3 is 2.71 bits per heavy atom. The number of methoxy groups -OCH3 is 2. The van der Waals surface area contributed by atoms with Gasteiger partial charge in [-0.05, 0) is 34.5 Å². The van der Waals surface area contributed by atoms with Crippen molar-refractivity contribution >= 4 is 27.3 Å². The molecule has 0 atom stereocenters. The Morgan fingerprint density at radius 2 is 1.92 bits per heavy atom. The van der Waals surface area contributed by atoms with Crippen LogP contribution in [-0.4, -0.2) is 20.1 Å². The van der Waals surface area contributed by atoms with Crippen LogP contribution >= 0.6 is 11.3 Å². The number of ether oxygens (including phenoxy) is 2. The van der Waals surface area contributed by atoms with Crippen molar-refractivity contribution in [2.75, 3.05) is 14.2 Å². The topological polar surface area (TPSA) is 47.6 Å². The van der Waals surface area contributed by atoms with Crippen LogP contribution in [0, 0.1) is 0 Å². The molecule has 2 aromatic carbocycles. The molecule has 3 aromatic rings. The molecule has 0 fully saturated rings. The molecule has 1 heterocycles. The SMILES string of the molecule is COc1ccc(CNC(=O)Cc2csc3ccccc23)c(OC)c1. The number of thiophene rings is 1. The molecule has 0 radical (unpaired) electrons. The third kappa shape index (κ3) is 3.51. The summed E-state index contributed by atoms with van der Waals surface area (Å²) in [6.45, 7) is 0.425. The summed E-state index contributed by atoms with van der Waals surface area (Å²) in [4.78, 5) is 12.3. The largest absolute Gasteiger partial charge is 0.497 e.